The van der Waals surface area contributed by atoms with E-state index in [9.17, 15) is 4.79 Å². The van der Waals surface area contributed by atoms with E-state index >= 15 is 0 Å². The second-order valence-electron chi connectivity index (χ2n) is 4.58. The van der Waals surface area contributed by atoms with Crippen molar-refractivity contribution in [1.29, 1.82) is 0 Å². The molecule has 4 N–H and O–H groups in total. The molecule has 1 amide bonds. The lowest BCUT2D eigenvalue weighted by atomic mass is 10.2. The number of benzene rings is 2. The molecule has 110 valence electrons. The van der Waals surface area contributed by atoms with Crippen molar-refractivity contribution in [3.8, 4) is 5.75 Å². The quantitative estimate of drug-likeness (QED) is 0.751. The summed E-state index contributed by atoms with van der Waals surface area (Å²) >= 11 is 0. The van der Waals surface area contributed by atoms with Crippen LogP contribution in [0, 0.1) is 0 Å². The van der Waals surface area contributed by atoms with Gasteiger partial charge in [-0.2, -0.15) is 0 Å². The SMILES string of the molecule is NC(CO)C(=O)Nc1cccc(OCc2ccccc2)c1. The van der Waals surface area contributed by atoms with E-state index < -0.39 is 18.6 Å². The maximum atomic E-state index is 11.6. The normalized spacial score (nSPS) is 11.7. The minimum atomic E-state index is -0.932. The Balaban J connectivity index is 1.96. The van der Waals surface area contributed by atoms with Crippen LogP contribution in [0.2, 0.25) is 0 Å². The molecule has 0 saturated carbocycles. The van der Waals surface area contributed by atoms with Gasteiger partial charge in [0.15, 0.2) is 0 Å². The smallest absolute Gasteiger partial charge is 0.243 e. The predicted molar refractivity (Wildman–Crippen MR) is 80.9 cm³/mol. The Morgan fingerprint density at radius 3 is 2.67 bits per heavy atom. The molecule has 0 aliphatic carbocycles. The van der Waals surface area contributed by atoms with E-state index in [1.165, 1.54) is 0 Å². The molecule has 2 aromatic carbocycles. The number of nitrogens with two attached hydrogens (primary N) is 1. The van der Waals surface area contributed by atoms with Crippen molar-refractivity contribution in [3.05, 3.63) is 60.2 Å². The predicted octanol–water partition coefficient (Wildman–Crippen LogP) is 1.52. The first kappa shape index (κ1) is 15.0. The van der Waals surface area contributed by atoms with Crippen LogP contribution in [0.25, 0.3) is 0 Å². The molecule has 0 fully saturated rings. The molecule has 0 radical (unpaired) electrons. The van der Waals surface area contributed by atoms with E-state index in [2.05, 4.69) is 5.32 Å². The van der Waals surface area contributed by atoms with Gasteiger partial charge in [-0.15, -0.1) is 0 Å². The number of hydrogen-bond donors (Lipinski definition) is 3. The zero-order chi connectivity index (χ0) is 15.1. The van der Waals surface area contributed by atoms with Crippen LogP contribution in [-0.2, 0) is 11.4 Å². The van der Waals surface area contributed by atoms with Crippen molar-refractivity contribution < 1.29 is 14.6 Å². The third-order valence-corrected chi connectivity index (χ3v) is 2.88. The van der Waals surface area contributed by atoms with Gasteiger partial charge in [-0.05, 0) is 17.7 Å². The second kappa shape index (κ2) is 7.42. The number of rotatable bonds is 6. The average Bonchev–Trinajstić information content (AvgIpc) is 2.53. The highest BCUT2D eigenvalue weighted by molar-refractivity contribution is 5.94. The van der Waals surface area contributed by atoms with Crippen LogP contribution in [0.1, 0.15) is 5.56 Å². The standard InChI is InChI=1S/C16H18N2O3/c17-15(10-19)16(20)18-13-7-4-8-14(9-13)21-11-12-5-2-1-3-6-12/h1-9,15,19H,10-11,17H2,(H,18,20). The molecule has 5 nitrogen and oxygen atoms in total. The van der Waals surface area contributed by atoms with Gasteiger partial charge in [-0.3, -0.25) is 4.79 Å². The number of aliphatic hydroxyl groups excluding tert-OH is 1. The first-order chi connectivity index (χ1) is 10.2. The summed E-state index contributed by atoms with van der Waals surface area (Å²) in [5, 5.41) is 11.5. The third-order valence-electron chi connectivity index (χ3n) is 2.88. The Kier molecular flexibility index (Phi) is 5.31. The fourth-order valence-corrected chi connectivity index (χ4v) is 1.72. The molecule has 0 bridgehead atoms. The van der Waals surface area contributed by atoms with Crippen LogP contribution >= 0.6 is 0 Å². The van der Waals surface area contributed by atoms with Gasteiger partial charge < -0.3 is 20.9 Å². The number of anilines is 1. The van der Waals surface area contributed by atoms with Crippen LogP contribution in [0.4, 0.5) is 5.69 Å². The third kappa shape index (κ3) is 4.59. The van der Waals surface area contributed by atoms with Crippen molar-refractivity contribution >= 4 is 11.6 Å². The molecular weight excluding hydrogens is 268 g/mol. The van der Waals surface area contributed by atoms with Crippen molar-refractivity contribution in [2.24, 2.45) is 5.73 Å². The fraction of sp³-hybridized carbons (Fsp3) is 0.188. The topological polar surface area (TPSA) is 84.6 Å². The molecule has 5 heteroatoms. The molecule has 0 aliphatic heterocycles. The largest absolute Gasteiger partial charge is 0.489 e. The summed E-state index contributed by atoms with van der Waals surface area (Å²) in [5.74, 6) is 0.215. The van der Waals surface area contributed by atoms with Gasteiger partial charge in [-0.1, -0.05) is 36.4 Å². The van der Waals surface area contributed by atoms with Crippen LogP contribution in [0.15, 0.2) is 54.6 Å². The number of ether oxygens (including phenoxy) is 1. The van der Waals surface area contributed by atoms with E-state index in [1.807, 2.05) is 36.4 Å². The second-order valence-corrected chi connectivity index (χ2v) is 4.58. The number of carbonyl (C=O) groups excluding carboxylic acids is 1. The first-order valence-corrected chi connectivity index (χ1v) is 6.63. The highest BCUT2D eigenvalue weighted by Crippen LogP contribution is 2.18. The number of aliphatic hydroxyl groups is 1. The molecule has 2 rings (SSSR count). The van der Waals surface area contributed by atoms with Gasteiger partial charge >= 0.3 is 0 Å². The van der Waals surface area contributed by atoms with Crippen molar-refractivity contribution in [2.45, 2.75) is 12.6 Å². The molecule has 0 aromatic heterocycles. The van der Waals surface area contributed by atoms with E-state index in [-0.39, 0.29) is 0 Å². The van der Waals surface area contributed by atoms with E-state index in [0.717, 1.165) is 5.56 Å². The highest BCUT2D eigenvalue weighted by atomic mass is 16.5. The van der Waals surface area contributed by atoms with Gasteiger partial charge in [0.05, 0.1) is 6.61 Å². The Labute approximate surface area is 123 Å². The molecule has 0 saturated heterocycles. The van der Waals surface area contributed by atoms with Gasteiger partial charge in [0, 0.05) is 11.8 Å². The van der Waals surface area contributed by atoms with Crippen molar-refractivity contribution in [3.63, 3.8) is 0 Å². The van der Waals surface area contributed by atoms with E-state index in [1.54, 1.807) is 18.2 Å². The van der Waals surface area contributed by atoms with E-state index in [0.29, 0.717) is 18.0 Å². The lowest BCUT2D eigenvalue weighted by Gasteiger charge is -2.11. The van der Waals surface area contributed by atoms with Crippen LogP contribution in [0.3, 0.4) is 0 Å². The van der Waals surface area contributed by atoms with Crippen LogP contribution in [0.5, 0.6) is 5.75 Å². The lowest BCUT2D eigenvalue weighted by Crippen LogP contribution is -2.38. The van der Waals surface area contributed by atoms with Gasteiger partial charge in [0.2, 0.25) is 5.91 Å². The number of hydrogen-bond acceptors (Lipinski definition) is 4. The molecule has 1 atom stereocenters. The molecule has 2 aromatic rings. The van der Waals surface area contributed by atoms with Gasteiger partial charge in [-0.25, -0.2) is 0 Å². The molecular formula is C16H18N2O3. The summed E-state index contributed by atoms with van der Waals surface area (Å²) in [6.45, 7) is 0.0599. The number of amides is 1. The number of nitrogens with one attached hydrogen (secondary N) is 1. The van der Waals surface area contributed by atoms with Crippen LogP contribution < -0.4 is 15.8 Å². The van der Waals surface area contributed by atoms with Gasteiger partial charge in [0.25, 0.3) is 0 Å². The highest BCUT2D eigenvalue weighted by Gasteiger charge is 2.12. The molecule has 0 aliphatic rings. The maximum absolute atomic E-state index is 11.6. The Morgan fingerprint density at radius 1 is 1.19 bits per heavy atom. The van der Waals surface area contributed by atoms with Gasteiger partial charge in [0.1, 0.15) is 18.4 Å². The minimum Gasteiger partial charge on any atom is -0.489 e. The zero-order valence-corrected chi connectivity index (χ0v) is 11.5. The molecule has 0 heterocycles. The van der Waals surface area contributed by atoms with Crippen molar-refractivity contribution in [2.75, 3.05) is 11.9 Å². The fourth-order valence-electron chi connectivity index (χ4n) is 1.72. The zero-order valence-electron chi connectivity index (χ0n) is 11.5. The summed E-state index contributed by atoms with van der Waals surface area (Å²) in [4.78, 5) is 11.6. The molecule has 1 unspecified atom stereocenters. The summed E-state index contributed by atoms with van der Waals surface area (Å²) in [6.07, 6.45) is 0. The van der Waals surface area contributed by atoms with E-state index in [4.69, 9.17) is 15.6 Å². The lowest BCUT2D eigenvalue weighted by molar-refractivity contribution is -0.118. The maximum Gasteiger partial charge on any atom is 0.243 e. The average molecular weight is 286 g/mol. The number of carbonyl (C=O) groups is 1. The summed E-state index contributed by atoms with van der Waals surface area (Å²) in [5.41, 5.74) is 7.09. The van der Waals surface area contributed by atoms with Crippen LogP contribution in [-0.4, -0.2) is 23.7 Å². The minimum absolute atomic E-state index is 0.393. The Hall–Kier alpha value is -2.37. The Bertz CT molecular complexity index is 587. The Morgan fingerprint density at radius 2 is 1.95 bits per heavy atom. The summed E-state index contributed by atoms with van der Waals surface area (Å²) < 4.78 is 5.67. The summed E-state index contributed by atoms with van der Waals surface area (Å²) in [7, 11) is 0. The molecule has 0 spiro atoms. The monoisotopic (exact) mass is 286 g/mol. The first-order valence-electron chi connectivity index (χ1n) is 6.63. The molecule has 21 heavy (non-hydrogen) atoms. The van der Waals surface area contributed by atoms with Crippen molar-refractivity contribution in [1.82, 2.24) is 0 Å². The summed E-state index contributed by atoms with van der Waals surface area (Å²) in [6, 6.07) is 15.9.